The van der Waals surface area contributed by atoms with Crippen molar-refractivity contribution in [2.45, 2.75) is 0 Å². The van der Waals surface area contributed by atoms with Gasteiger partial charge in [-0.15, -0.1) is 0 Å². The van der Waals surface area contributed by atoms with Crippen LogP contribution in [0.2, 0.25) is 0 Å². The molecule has 0 saturated heterocycles. The van der Waals surface area contributed by atoms with Crippen molar-refractivity contribution >= 4 is 26.7 Å². The zero-order valence-corrected chi connectivity index (χ0v) is 14.1. The van der Waals surface area contributed by atoms with Crippen molar-refractivity contribution in [3.63, 3.8) is 0 Å². The van der Waals surface area contributed by atoms with Crippen molar-refractivity contribution in [3.8, 4) is 22.3 Å². The summed E-state index contributed by atoms with van der Waals surface area (Å²) in [5, 5.41) is 2.57. The van der Waals surface area contributed by atoms with Crippen molar-refractivity contribution < 1.29 is 0 Å². The van der Waals surface area contributed by atoms with Crippen LogP contribution >= 0.6 is 15.9 Å². The van der Waals surface area contributed by atoms with Crippen molar-refractivity contribution in [2.75, 3.05) is 0 Å². The molecule has 110 valence electrons. The summed E-state index contributed by atoms with van der Waals surface area (Å²) in [5.74, 6) is 0. The molecule has 4 aromatic carbocycles. The van der Waals surface area contributed by atoms with E-state index in [1.165, 1.54) is 33.0 Å². The molecule has 0 saturated carbocycles. The minimum atomic E-state index is 1.10. The van der Waals surface area contributed by atoms with Gasteiger partial charge in [0.15, 0.2) is 0 Å². The standard InChI is InChI=1S/C22H15Br/c23-19-12-4-11-18(15-19)21-14-6-10-17-9-5-13-20(22(17)21)16-7-2-1-3-8-16/h1-15H. The number of rotatable bonds is 2. The molecular weight excluding hydrogens is 344 g/mol. The van der Waals surface area contributed by atoms with E-state index in [1.807, 2.05) is 0 Å². The average molecular weight is 359 g/mol. The van der Waals surface area contributed by atoms with Crippen LogP contribution in [0.4, 0.5) is 0 Å². The van der Waals surface area contributed by atoms with Crippen molar-refractivity contribution in [3.05, 3.63) is 95.5 Å². The molecule has 4 aromatic rings. The van der Waals surface area contributed by atoms with Crippen LogP contribution in [-0.2, 0) is 0 Å². The predicted molar refractivity (Wildman–Crippen MR) is 103 cm³/mol. The van der Waals surface area contributed by atoms with E-state index in [1.54, 1.807) is 0 Å². The van der Waals surface area contributed by atoms with E-state index in [2.05, 4.69) is 107 Å². The summed E-state index contributed by atoms with van der Waals surface area (Å²) in [5.41, 5.74) is 5.02. The van der Waals surface area contributed by atoms with E-state index >= 15 is 0 Å². The van der Waals surface area contributed by atoms with Crippen molar-refractivity contribution in [2.24, 2.45) is 0 Å². The monoisotopic (exact) mass is 358 g/mol. The van der Waals surface area contributed by atoms with Gasteiger partial charge in [-0.25, -0.2) is 0 Å². The van der Waals surface area contributed by atoms with Crippen molar-refractivity contribution in [1.82, 2.24) is 0 Å². The second-order valence-corrected chi connectivity index (χ2v) is 6.50. The first-order valence-electron chi connectivity index (χ1n) is 7.66. The van der Waals surface area contributed by atoms with Crippen LogP contribution in [0.1, 0.15) is 0 Å². The molecule has 0 atom stereocenters. The molecule has 0 radical (unpaired) electrons. The summed E-state index contributed by atoms with van der Waals surface area (Å²) in [6, 6.07) is 32.1. The smallest absolute Gasteiger partial charge is 0.0181 e. The summed E-state index contributed by atoms with van der Waals surface area (Å²) in [6.07, 6.45) is 0. The zero-order chi connectivity index (χ0) is 15.6. The van der Waals surface area contributed by atoms with Gasteiger partial charge in [0.1, 0.15) is 0 Å². The molecule has 0 aliphatic rings. The molecule has 0 amide bonds. The number of halogens is 1. The molecule has 0 spiro atoms. The second kappa shape index (κ2) is 6.02. The maximum absolute atomic E-state index is 3.59. The first-order valence-corrected chi connectivity index (χ1v) is 8.45. The molecule has 23 heavy (non-hydrogen) atoms. The molecule has 0 nitrogen and oxygen atoms in total. The summed E-state index contributed by atoms with van der Waals surface area (Å²) in [6.45, 7) is 0. The zero-order valence-electron chi connectivity index (χ0n) is 12.5. The molecule has 0 heterocycles. The molecule has 1 heteroatoms. The summed E-state index contributed by atoms with van der Waals surface area (Å²) in [7, 11) is 0. The van der Waals surface area contributed by atoms with Crippen LogP contribution < -0.4 is 0 Å². The lowest BCUT2D eigenvalue weighted by molar-refractivity contribution is 1.60. The summed E-state index contributed by atoms with van der Waals surface area (Å²) >= 11 is 3.59. The second-order valence-electron chi connectivity index (χ2n) is 5.59. The normalized spacial score (nSPS) is 10.8. The fourth-order valence-corrected chi connectivity index (χ4v) is 3.50. The minimum absolute atomic E-state index is 1.10. The highest BCUT2D eigenvalue weighted by Crippen LogP contribution is 2.36. The van der Waals surface area contributed by atoms with Gasteiger partial charge in [-0.05, 0) is 45.2 Å². The quantitative estimate of drug-likeness (QED) is 0.364. The molecular formula is C22H15Br. The highest BCUT2D eigenvalue weighted by atomic mass is 79.9. The molecule has 0 fully saturated rings. The SMILES string of the molecule is Brc1cccc(-c2cccc3cccc(-c4ccccc4)c23)c1. The van der Waals surface area contributed by atoms with Gasteiger partial charge in [-0.3, -0.25) is 0 Å². The van der Waals surface area contributed by atoms with Crippen LogP contribution in [0.15, 0.2) is 95.5 Å². The van der Waals surface area contributed by atoms with E-state index in [0.29, 0.717) is 0 Å². The van der Waals surface area contributed by atoms with Gasteiger partial charge < -0.3 is 0 Å². The lowest BCUT2D eigenvalue weighted by Crippen LogP contribution is -1.86. The Morgan fingerprint density at radius 1 is 0.522 bits per heavy atom. The maximum atomic E-state index is 3.59. The lowest BCUT2D eigenvalue weighted by atomic mass is 9.91. The highest BCUT2D eigenvalue weighted by Gasteiger charge is 2.09. The number of fused-ring (bicyclic) bond motifs is 1. The Balaban J connectivity index is 2.06. The Bertz CT molecular complexity index is 966. The first-order chi connectivity index (χ1) is 11.3. The van der Waals surface area contributed by atoms with E-state index in [-0.39, 0.29) is 0 Å². The van der Waals surface area contributed by atoms with E-state index in [4.69, 9.17) is 0 Å². The third kappa shape index (κ3) is 2.69. The van der Waals surface area contributed by atoms with Crippen molar-refractivity contribution in [1.29, 1.82) is 0 Å². The minimum Gasteiger partial charge on any atom is -0.0622 e. The Hall–Kier alpha value is -2.38. The van der Waals surface area contributed by atoms with E-state index < -0.39 is 0 Å². The van der Waals surface area contributed by atoms with E-state index in [9.17, 15) is 0 Å². The fraction of sp³-hybridized carbons (Fsp3) is 0. The van der Waals surface area contributed by atoms with Gasteiger partial charge in [0, 0.05) is 4.47 Å². The maximum Gasteiger partial charge on any atom is 0.0181 e. The number of benzene rings is 4. The first kappa shape index (κ1) is 14.2. The largest absolute Gasteiger partial charge is 0.0622 e. The van der Waals surface area contributed by atoms with Gasteiger partial charge in [0.2, 0.25) is 0 Å². The van der Waals surface area contributed by atoms with Crippen LogP contribution in [-0.4, -0.2) is 0 Å². The summed E-state index contributed by atoms with van der Waals surface area (Å²) < 4.78 is 1.10. The molecule has 0 unspecified atom stereocenters. The molecule has 0 N–H and O–H groups in total. The van der Waals surface area contributed by atoms with Crippen LogP contribution in [0.25, 0.3) is 33.0 Å². The molecule has 0 aliphatic heterocycles. The molecule has 0 aliphatic carbocycles. The van der Waals surface area contributed by atoms with Crippen LogP contribution in [0.3, 0.4) is 0 Å². The van der Waals surface area contributed by atoms with Gasteiger partial charge in [0.05, 0.1) is 0 Å². The average Bonchev–Trinajstić information content (AvgIpc) is 2.61. The predicted octanol–water partition coefficient (Wildman–Crippen LogP) is 6.94. The van der Waals surface area contributed by atoms with Crippen LogP contribution in [0.5, 0.6) is 0 Å². The van der Waals surface area contributed by atoms with Gasteiger partial charge >= 0.3 is 0 Å². The summed E-state index contributed by atoms with van der Waals surface area (Å²) in [4.78, 5) is 0. The van der Waals surface area contributed by atoms with E-state index in [0.717, 1.165) is 4.47 Å². The molecule has 0 bridgehead atoms. The fourth-order valence-electron chi connectivity index (χ4n) is 3.10. The molecule has 4 rings (SSSR count). The lowest BCUT2D eigenvalue weighted by Gasteiger charge is -2.12. The van der Waals surface area contributed by atoms with Crippen LogP contribution in [0, 0.1) is 0 Å². The van der Waals surface area contributed by atoms with Gasteiger partial charge in [-0.1, -0.05) is 94.8 Å². The Kier molecular flexibility index (Phi) is 3.72. The Morgan fingerprint density at radius 2 is 1.13 bits per heavy atom. The molecule has 0 aromatic heterocycles. The third-order valence-electron chi connectivity index (χ3n) is 4.13. The third-order valence-corrected chi connectivity index (χ3v) is 4.62. The topological polar surface area (TPSA) is 0 Å². The van der Waals surface area contributed by atoms with Gasteiger partial charge in [0.25, 0.3) is 0 Å². The Morgan fingerprint density at radius 3 is 1.83 bits per heavy atom. The number of hydrogen-bond donors (Lipinski definition) is 0. The highest BCUT2D eigenvalue weighted by molar-refractivity contribution is 9.10. The van der Waals surface area contributed by atoms with Gasteiger partial charge in [-0.2, -0.15) is 0 Å². The number of hydrogen-bond acceptors (Lipinski definition) is 0. The Labute approximate surface area is 144 Å².